The van der Waals surface area contributed by atoms with Gasteiger partial charge in [0, 0.05) is 16.7 Å². The summed E-state index contributed by atoms with van der Waals surface area (Å²) < 4.78 is 43.3. The van der Waals surface area contributed by atoms with Gasteiger partial charge < -0.3 is 4.74 Å². The van der Waals surface area contributed by atoms with Crippen LogP contribution in [0.25, 0.3) is 0 Å². The van der Waals surface area contributed by atoms with Crippen molar-refractivity contribution in [1.29, 1.82) is 0 Å². The maximum Gasteiger partial charge on any atom is 0.417 e. The van der Waals surface area contributed by atoms with Crippen LogP contribution in [-0.4, -0.2) is 4.98 Å². The Bertz CT molecular complexity index is 561. The molecule has 1 heterocycles. The number of halogens is 4. The molecule has 0 fully saturated rings. The molecule has 0 atom stereocenters. The molecule has 19 heavy (non-hydrogen) atoms. The average Bonchev–Trinajstić information content (AvgIpc) is 2.26. The fraction of sp³-hybridized carbons (Fsp3) is 0.154. The van der Waals surface area contributed by atoms with Crippen LogP contribution in [0.15, 0.2) is 41.0 Å². The molecule has 0 saturated carbocycles. The Hall–Kier alpha value is -1.56. The van der Waals surface area contributed by atoms with Crippen molar-refractivity contribution in [3.8, 4) is 11.6 Å². The normalized spacial score (nSPS) is 11.4. The molecule has 0 aliphatic heterocycles. The molecule has 2 nitrogen and oxygen atoms in total. The van der Waals surface area contributed by atoms with Crippen LogP contribution in [0.1, 0.15) is 11.1 Å². The lowest BCUT2D eigenvalue weighted by Gasteiger charge is -2.08. The highest BCUT2D eigenvalue weighted by Gasteiger charge is 2.30. The Kier molecular flexibility index (Phi) is 3.80. The largest absolute Gasteiger partial charge is 0.439 e. The number of alkyl halides is 3. The summed E-state index contributed by atoms with van der Waals surface area (Å²) in [5.41, 5.74) is 0.168. The third kappa shape index (κ3) is 3.70. The Morgan fingerprint density at radius 2 is 1.89 bits per heavy atom. The topological polar surface area (TPSA) is 22.1 Å². The first-order valence-electron chi connectivity index (χ1n) is 5.33. The molecular formula is C13H9BrF3NO. The number of pyridine rings is 1. The van der Waals surface area contributed by atoms with E-state index in [9.17, 15) is 13.2 Å². The third-order valence-corrected chi connectivity index (χ3v) is 2.76. The first-order chi connectivity index (χ1) is 8.84. The van der Waals surface area contributed by atoms with Gasteiger partial charge in [-0.3, -0.25) is 0 Å². The summed E-state index contributed by atoms with van der Waals surface area (Å²) in [7, 11) is 0. The van der Waals surface area contributed by atoms with Crippen molar-refractivity contribution in [3.05, 3.63) is 52.1 Å². The highest BCUT2D eigenvalue weighted by atomic mass is 79.9. The molecule has 0 unspecified atom stereocenters. The molecule has 2 aromatic rings. The number of hydrogen-bond donors (Lipinski definition) is 0. The zero-order chi connectivity index (χ0) is 14.0. The van der Waals surface area contributed by atoms with Crippen molar-refractivity contribution in [2.24, 2.45) is 0 Å². The van der Waals surface area contributed by atoms with E-state index in [1.54, 1.807) is 12.1 Å². The van der Waals surface area contributed by atoms with Crippen LogP contribution in [0.2, 0.25) is 0 Å². The van der Waals surface area contributed by atoms with Gasteiger partial charge in [0.05, 0.1) is 5.56 Å². The van der Waals surface area contributed by atoms with E-state index in [2.05, 4.69) is 20.9 Å². The first-order valence-corrected chi connectivity index (χ1v) is 6.12. The van der Waals surface area contributed by atoms with Crippen LogP contribution in [0.3, 0.4) is 0 Å². The molecule has 0 spiro atoms. The van der Waals surface area contributed by atoms with E-state index in [0.29, 0.717) is 5.75 Å². The molecule has 0 radical (unpaired) electrons. The fourth-order valence-corrected chi connectivity index (χ4v) is 2.08. The number of nitrogens with zero attached hydrogens (tertiary/aromatic N) is 1. The second-order valence-corrected chi connectivity index (χ2v) is 4.86. The van der Waals surface area contributed by atoms with E-state index < -0.39 is 11.7 Å². The lowest BCUT2D eigenvalue weighted by atomic mass is 10.2. The summed E-state index contributed by atoms with van der Waals surface area (Å²) in [6.45, 7) is 1.89. The van der Waals surface area contributed by atoms with Gasteiger partial charge in [-0.1, -0.05) is 15.9 Å². The smallest absolute Gasteiger partial charge is 0.417 e. The van der Waals surface area contributed by atoms with E-state index in [1.807, 2.05) is 13.0 Å². The van der Waals surface area contributed by atoms with Crippen molar-refractivity contribution >= 4 is 15.9 Å². The van der Waals surface area contributed by atoms with Gasteiger partial charge in [-0.25, -0.2) is 4.98 Å². The van der Waals surface area contributed by atoms with Crippen LogP contribution >= 0.6 is 15.9 Å². The fourth-order valence-electron chi connectivity index (χ4n) is 1.49. The molecule has 1 aromatic heterocycles. The molecule has 100 valence electrons. The summed E-state index contributed by atoms with van der Waals surface area (Å²) >= 11 is 3.31. The predicted octanol–water partition coefficient (Wildman–Crippen LogP) is 4.96. The van der Waals surface area contributed by atoms with Gasteiger partial charge in [0.2, 0.25) is 5.88 Å². The van der Waals surface area contributed by atoms with E-state index >= 15 is 0 Å². The number of aryl methyl sites for hydroxylation is 1. The lowest BCUT2D eigenvalue weighted by Crippen LogP contribution is -2.05. The molecule has 0 aliphatic carbocycles. The van der Waals surface area contributed by atoms with Gasteiger partial charge >= 0.3 is 6.18 Å². The molecular weight excluding hydrogens is 323 g/mol. The van der Waals surface area contributed by atoms with E-state index in [1.165, 1.54) is 6.07 Å². The van der Waals surface area contributed by atoms with Gasteiger partial charge in [0.15, 0.2) is 0 Å². The van der Waals surface area contributed by atoms with Crippen molar-refractivity contribution in [3.63, 3.8) is 0 Å². The Balaban J connectivity index is 2.20. The minimum absolute atomic E-state index is 0.116. The van der Waals surface area contributed by atoms with E-state index in [4.69, 9.17) is 4.74 Å². The number of aromatic nitrogens is 1. The predicted molar refractivity (Wildman–Crippen MR) is 68.2 cm³/mol. The van der Waals surface area contributed by atoms with Gasteiger partial charge in [-0.15, -0.1) is 0 Å². The monoisotopic (exact) mass is 331 g/mol. The minimum atomic E-state index is -4.39. The molecule has 0 amide bonds. The van der Waals surface area contributed by atoms with E-state index in [-0.39, 0.29) is 5.88 Å². The Morgan fingerprint density at radius 1 is 1.16 bits per heavy atom. The van der Waals surface area contributed by atoms with E-state index in [0.717, 1.165) is 22.3 Å². The summed E-state index contributed by atoms with van der Waals surface area (Å²) in [5, 5.41) is 0. The summed E-state index contributed by atoms with van der Waals surface area (Å²) in [6.07, 6.45) is -3.64. The highest BCUT2D eigenvalue weighted by Crippen LogP contribution is 2.30. The van der Waals surface area contributed by atoms with Crippen molar-refractivity contribution in [2.45, 2.75) is 13.1 Å². The average molecular weight is 332 g/mol. The number of benzene rings is 1. The van der Waals surface area contributed by atoms with Gasteiger partial charge in [0.1, 0.15) is 5.75 Å². The molecule has 0 aliphatic rings. The van der Waals surface area contributed by atoms with Crippen LogP contribution in [0, 0.1) is 6.92 Å². The number of rotatable bonds is 2. The summed E-state index contributed by atoms with van der Waals surface area (Å²) in [5.74, 6) is 0.629. The van der Waals surface area contributed by atoms with Crippen LogP contribution < -0.4 is 4.74 Å². The zero-order valence-electron chi connectivity index (χ0n) is 9.83. The molecule has 2 rings (SSSR count). The Morgan fingerprint density at radius 3 is 2.42 bits per heavy atom. The maximum absolute atomic E-state index is 12.4. The van der Waals surface area contributed by atoms with Crippen LogP contribution in [-0.2, 0) is 6.18 Å². The number of hydrogen-bond acceptors (Lipinski definition) is 2. The molecule has 0 N–H and O–H groups in total. The lowest BCUT2D eigenvalue weighted by molar-refractivity contribution is -0.137. The molecule has 1 aromatic carbocycles. The van der Waals surface area contributed by atoms with Crippen molar-refractivity contribution in [1.82, 2.24) is 4.98 Å². The molecule has 6 heteroatoms. The number of ether oxygens (including phenoxy) is 1. The minimum Gasteiger partial charge on any atom is -0.439 e. The van der Waals surface area contributed by atoms with Gasteiger partial charge in [0.25, 0.3) is 0 Å². The van der Waals surface area contributed by atoms with Crippen LogP contribution in [0.5, 0.6) is 11.6 Å². The molecule has 0 saturated heterocycles. The standard InChI is InChI=1S/C13H9BrF3NO/c1-8-4-10(14)6-11(5-8)19-12-3-2-9(7-18-12)13(15,16)17/h2-7H,1H3. The summed E-state index contributed by atoms with van der Waals surface area (Å²) in [4.78, 5) is 3.64. The Labute approximate surface area is 116 Å². The second-order valence-electron chi connectivity index (χ2n) is 3.95. The van der Waals surface area contributed by atoms with Crippen LogP contribution in [0.4, 0.5) is 13.2 Å². The molecule has 0 bridgehead atoms. The second kappa shape index (κ2) is 5.21. The maximum atomic E-state index is 12.4. The van der Waals surface area contributed by atoms with Crippen molar-refractivity contribution < 1.29 is 17.9 Å². The van der Waals surface area contributed by atoms with Gasteiger partial charge in [-0.05, 0) is 36.8 Å². The highest BCUT2D eigenvalue weighted by molar-refractivity contribution is 9.10. The SMILES string of the molecule is Cc1cc(Br)cc(Oc2ccc(C(F)(F)F)cn2)c1. The first kappa shape index (κ1) is 13.9. The quantitative estimate of drug-likeness (QED) is 0.775. The van der Waals surface area contributed by atoms with Gasteiger partial charge in [-0.2, -0.15) is 13.2 Å². The third-order valence-electron chi connectivity index (χ3n) is 2.30. The van der Waals surface area contributed by atoms with Crippen molar-refractivity contribution in [2.75, 3.05) is 0 Å². The zero-order valence-corrected chi connectivity index (χ0v) is 11.4. The summed E-state index contributed by atoms with van der Waals surface area (Å²) in [6, 6.07) is 7.51.